The summed E-state index contributed by atoms with van der Waals surface area (Å²) < 4.78 is 16.5. The molecule has 0 spiro atoms. The van der Waals surface area contributed by atoms with E-state index in [4.69, 9.17) is 14.2 Å². The van der Waals surface area contributed by atoms with E-state index in [1.807, 2.05) is 37.8 Å². The minimum absolute atomic E-state index is 0.0144. The molecule has 1 saturated heterocycles. The maximum Gasteiger partial charge on any atom is 0.254 e. The van der Waals surface area contributed by atoms with E-state index in [0.29, 0.717) is 31.9 Å². The van der Waals surface area contributed by atoms with Crippen molar-refractivity contribution in [2.45, 2.75) is 32.5 Å². The Morgan fingerprint density at radius 3 is 2.64 bits per heavy atom. The van der Waals surface area contributed by atoms with Crippen LogP contribution >= 0.6 is 0 Å². The first-order valence-electron chi connectivity index (χ1n) is 7.64. The van der Waals surface area contributed by atoms with E-state index in [1.54, 1.807) is 19.2 Å². The third kappa shape index (κ3) is 4.21. The summed E-state index contributed by atoms with van der Waals surface area (Å²) in [4.78, 5) is 14.5. The number of carbonyl (C=O) groups is 1. The Bertz CT molecular complexity index is 498. The molecule has 1 aromatic rings. The van der Waals surface area contributed by atoms with Crippen LogP contribution < -0.4 is 4.74 Å². The van der Waals surface area contributed by atoms with Gasteiger partial charge in [0.05, 0.1) is 24.9 Å². The molecule has 0 bridgehead atoms. The van der Waals surface area contributed by atoms with Gasteiger partial charge in [0.1, 0.15) is 5.75 Å². The van der Waals surface area contributed by atoms with Gasteiger partial charge >= 0.3 is 0 Å². The topological polar surface area (TPSA) is 48.0 Å². The summed E-state index contributed by atoms with van der Waals surface area (Å²) in [6, 6.07) is 7.27. The molecule has 0 aromatic heterocycles. The summed E-state index contributed by atoms with van der Waals surface area (Å²) in [5.41, 5.74) is 0.292. The molecule has 1 aromatic carbocycles. The third-order valence-electron chi connectivity index (χ3n) is 3.53. The molecule has 1 atom stereocenters. The van der Waals surface area contributed by atoms with Crippen LogP contribution in [0.3, 0.4) is 0 Å². The summed E-state index contributed by atoms with van der Waals surface area (Å²) in [5.74, 6) is 0.791. The number of hydrogen-bond acceptors (Lipinski definition) is 4. The van der Waals surface area contributed by atoms with Crippen LogP contribution in [-0.2, 0) is 9.47 Å². The average Bonchev–Trinajstić information content (AvgIpc) is 2.46. The van der Waals surface area contributed by atoms with Crippen molar-refractivity contribution in [3.05, 3.63) is 29.8 Å². The number of benzene rings is 1. The Kier molecular flexibility index (Phi) is 5.42. The molecule has 0 aliphatic carbocycles. The van der Waals surface area contributed by atoms with Crippen LogP contribution in [0.5, 0.6) is 5.75 Å². The van der Waals surface area contributed by atoms with E-state index in [-0.39, 0.29) is 17.6 Å². The van der Waals surface area contributed by atoms with Gasteiger partial charge in [-0.05, 0) is 45.0 Å². The van der Waals surface area contributed by atoms with Gasteiger partial charge in [0.2, 0.25) is 0 Å². The molecular formula is C17H25NO4. The van der Waals surface area contributed by atoms with Gasteiger partial charge in [-0.25, -0.2) is 0 Å². The molecule has 1 aliphatic heterocycles. The molecule has 5 nitrogen and oxygen atoms in total. The van der Waals surface area contributed by atoms with E-state index in [0.717, 1.165) is 5.75 Å². The standard InChI is InChI=1S/C17H25NO4/c1-5-21-14-8-6-13(7-9-14)16(19)18-10-15(11-20-4)22-17(2,3)12-18/h6-9,15H,5,10-12H2,1-4H3. The number of amides is 1. The lowest BCUT2D eigenvalue weighted by molar-refractivity contribution is -0.143. The molecule has 1 fully saturated rings. The van der Waals surface area contributed by atoms with Crippen LogP contribution in [0.25, 0.3) is 0 Å². The molecule has 0 radical (unpaired) electrons. The second kappa shape index (κ2) is 7.11. The Hall–Kier alpha value is -1.59. The van der Waals surface area contributed by atoms with Gasteiger partial charge in [0.25, 0.3) is 5.91 Å². The van der Waals surface area contributed by atoms with E-state index < -0.39 is 0 Å². The lowest BCUT2D eigenvalue weighted by Gasteiger charge is -2.42. The van der Waals surface area contributed by atoms with Gasteiger partial charge in [0, 0.05) is 25.8 Å². The van der Waals surface area contributed by atoms with Crippen LogP contribution in [0.1, 0.15) is 31.1 Å². The number of methoxy groups -OCH3 is 1. The number of hydrogen-bond donors (Lipinski definition) is 0. The fourth-order valence-corrected chi connectivity index (χ4v) is 2.77. The lowest BCUT2D eigenvalue weighted by Crippen LogP contribution is -2.55. The first kappa shape index (κ1) is 16.8. The maximum absolute atomic E-state index is 12.7. The molecule has 1 heterocycles. The fourth-order valence-electron chi connectivity index (χ4n) is 2.77. The molecule has 1 unspecified atom stereocenters. The minimum Gasteiger partial charge on any atom is -0.494 e. The van der Waals surface area contributed by atoms with Crippen LogP contribution in [-0.4, -0.2) is 55.9 Å². The van der Waals surface area contributed by atoms with Gasteiger partial charge < -0.3 is 19.1 Å². The Labute approximate surface area is 132 Å². The quantitative estimate of drug-likeness (QED) is 0.838. The number of ether oxygens (including phenoxy) is 3. The molecule has 1 amide bonds. The highest BCUT2D eigenvalue weighted by atomic mass is 16.5. The fraction of sp³-hybridized carbons (Fsp3) is 0.588. The van der Waals surface area contributed by atoms with E-state index in [1.165, 1.54) is 0 Å². The molecular weight excluding hydrogens is 282 g/mol. The van der Waals surface area contributed by atoms with Crippen LogP contribution in [0.2, 0.25) is 0 Å². The zero-order valence-electron chi connectivity index (χ0n) is 13.8. The van der Waals surface area contributed by atoms with E-state index in [2.05, 4.69) is 0 Å². The monoisotopic (exact) mass is 307 g/mol. The Morgan fingerprint density at radius 2 is 2.05 bits per heavy atom. The molecule has 5 heteroatoms. The normalized spacial score (nSPS) is 20.7. The Balaban J connectivity index is 2.09. The second-order valence-electron chi connectivity index (χ2n) is 6.10. The van der Waals surface area contributed by atoms with Crippen molar-refractivity contribution in [2.75, 3.05) is 33.4 Å². The van der Waals surface area contributed by atoms with Gasteiger partial charge in [-0.1, -0.05) is 0 Å². The zero-order chi connectivity index (χ0) is 16.2. The van der Waals surface area contributed by atoms with Gasteiger partial charge in [-0.15, -0.1) is 0 Å². The highest BCUT2D eigenvalue weighted by Gasteiger charge is 2.35. The summed E-state index contributed by atoms with van der Waals surface area (Å²) in [7, 11) is 1.64. The molecule has 1 aliphatic rings. The Morgan fingerprint density at radius 1 is 1.36 bits per heavy atom. The SMILES string of the molecule is CCOc1ccc(C(=O)N2CC(COC)OC(C)(C)C2)cc1. The number of nitrogens with zero attached hydrogens (tertiary/aromatic N) is 1. The van der Waals surface area contributed by atoms with Crippen molar-refractivity contribution >= 4 is 5.91 Å². The zero-order valence-corrected chi connectivity index (χ0v) is 13.8. The first-order chi connectivity index (χ1) is 10.4. The lowest BCUT2D eigenvalue weighted by atomic mass is 10.0. The van der Waals surface area contributed by atoms with Gasteiger partial charge in [0.15, 0.2) is 0 Å². The van der Waals surface area contributed by atoms with Crippen molar-refractivity contribution in [3.63, 3.8) is 0 Å². The second-order valence-corrected chi connectivity index (χ2v) is 6.10. The van der Waals surface area contributed by atoms with Crippen molar-refractivity contribution in [1.29, 1.82) is 0 Å². The number of carbonyl (C=O) groups excluding carboxylic acids is 1. The van der Waals surface area contributed by atoms with Gasteiger partial charge in [-0.2, -0.15) is 0 Å². The summed E-state index contributed by atoms with van der Waals surface area (Å²) in [6.07, 6.45) is -0.0969. The number of rotatable bonds is 5. The minimum atomic E-state index is -0.373. The van der Waals surface area contributed by atoms with E-state index in [9.17, 15) is 4.79 Å². The molecule has 0 saturated carbocycles. The summed E-state index contributed by atoms with van der Waals surface area (Å²) in [5, 5.41) is 0. The summed E-state index contributed by atoms with van der Waals surface area (Å²) >= 11 is 0. The first-order valence-corrected chi connectivity index (χ1v) is 7.64. The highest BCUT2D eigenvalue weighted by Crippen LogP contribution is 2.23. The highest BCUT2D eigenvalue weighted by molar-refractivity contribution is 5.94. The van der Waals surface area contributed by atoms with Crippen molar-refractivity contribution in [1.82, 2.24) is 4.90 Å². The van der Waals surface area contributed by atoms with Crippen LogP contribution in [0.4, 0.5) is 0 Å². The smallest absolute Gasteiger partial charge is 0.254 e. The molecule has 22 heavy (non-hydrogen) atoms. The van der Waals surface area contributed by atoms with Gasteiger partial charge in [-0.3, -0.25) is 4.79 Å². The van der Waals surface area contributed by atoms with Crippen molar-refractivity contribution in [2.24, 2.45) is 0 Å². The average molecular weight is 307 g/mol. The van der Waals surface area contributed by atoms with Crippen molar-refractivity contribution < 1.29 is 19.0 Å². The molecule has 0 N–H and O–H groups in total. The molecule has 2 rings (SSSR count). The largest absolute Gasteiger partial charge is 0.494 e. The van der Waals surface area contributed by atoms with Crippen molar-refractivity contribution in [3.8, 4) is 5.75 Å². The maximum atomic E-state index is 12.7. The van der Waals surface area contributed by atoms with E-state index >= 15 is 0 Å². The predicted octanol–water partition coefficient (Wildman–Crippen LogP) is 2.35. The van der Waals surface area contributed by atoms with Crippen LogP contribution in [0, 0.1) is 0 Å². The predicted molar refractivity (Wildman–Crippen MR) is 84.3 cm³/mol. The van der Waals surface area contributed by atoms with Crippen LogP contribution in [0.15, 0.2) is 24.3 Å². The number of morpholine rings is 1. The molecule has 122 valence electrons. The third-order valence-corrected chi connectivity index (χ3v) is 3.53. The summed E-state index contributed by atoms with van der Waals surface area (Å²) in [6.45, 7) is 8.13.